The van der Waals surface area contributed by atoms with Crippen LogP contribution in [0.3, 0.4) is 0 Å². The topological polar surface area (TPSA) is 71.1 Å². The lowest BCUT2D eigenvalue weighted by atomic mass is 10.0. The van der Waals surface area contributed by atoms with Crippen LogP contribution in [0.2, 0.25) is 0 Å². The predicted molar refractivity (Wildman–Crippen MR) is 81.7 cm³/mol. The number of nitrogens with one attached hydrogen (secondary N) is 2. The monoisotopic (exact) mass is 289 g/mol. The molecule has 0 bridgehead atoms. The van der Waals surface area contributed by atoms with Gasteiger partial charge in [0.15, 0.2) is 0 Å². The number of amides is 2. The van der Waals surface area contributed by atoms with Gasteiger partial charge in [-0.25, -0.2) is 4.98 Å². The van der Waals surface area contributed by atoms with E-state index in [0.29, 0.717) is 18.8 Å². The van der Waals surface area contributed by atoms with E-state index in [-0.39, 0.29) is 18.2 Å². The van der Waals surface area contributed by atoms with Gasteiger partial charge in [-0.2, -0.15) is 0 Å². The summed E-state index contributed by atoms with van der Waals surface area (Å²) in [6, 6.07) is 5.34. The van der Waals surface area contributed by atoms with Crippen LogP contribution in [0.1, 0.15) is 44.9 Å². The molecule has 2 amide bonds. The number of nitrogens with zero attached hydrogens (tertiary/aromatic N) is 1. The molecular formula is C16H23N3O2. The lowest BCUT2D eigenvalue weighted by Crippen LogP contribution is -2.27. The maximum atomic E-state index is 11.7. The number of aromatic nitrogens is 1. The molecule has 0 atom stereocenters. The maximum Gasteiger partial charge on any atom is 0.227 e. The summed E-state index contributed by atoms with van der Waals surface area (Å²) < 4.78 is 0. The summed E-state index contributed by atoms with van der Waals surface area (Å²) in [4.78, 5) is 27.4. The molecule has 0 aliphatic heterocycles. The Morgan fingerprint density at radius 3 is 2.67 bits per heavy atom. The van der Waals surface area contributed by atoms with Gasteiger partial charge in [0.05, 0.1) is 0 Å². The van der Waals surface area contributed by atoms with E-state index < -0.39 is 0 Å². The van der Waals surface area contributed by atoms with Crippen molar-refractivity contribution in [2.24, 2.45) is 5.92 Å². The number of hydrogen-bond donors (Lipinski definition) is 2. The average molecular weight is 289 g/mol. The lowest BCUT2D eigenvalue weighted by Gasteiger charge is -2.09. The van der Waals surface area contributed by atoms with Crippen molar-refractivity contribution in [3.8, 4) is 0 Å². The normalized spacial score (nSPS) is 14.9. The summed E-state index contributed by atoms with van der Waals surface area (Å²) in [7, 11) is 0. The van der Waals surface area contributed by atoms with Crippen LogP contribution in [0, 0.1) is 5.92 Å². The Morgan fingerprint density at radius 1 is 1.14 bits per heavy atom. The Bertz CT molecular complexity index is 456. The van der Waals surface area contributed by atoms with Crippen molar-refractivity contribution >= 4 is 17.6 Å². The molecule has 1 aromatic rings. The Morgan fingerprint density at radius 2 is 1.95 bits per heavy atom. The van der Waals surface area contributed by atoms with Gasteiger partial charge in [-0.3, -0.25) is 9.59 Å². The first-order valence-corrected chi connectivity index (χ1v) is 7.71. The van der Waals surface area contributed by atoms with E-state index >= 15 is 0 Å². The summed E-state index contributed by atoms with van der Waals surface area (Å²) in [5.41, 5.74) is 0. The molecule has 5 heteroatoms. The van der Waals surface area contributed by atoms with Gasteiger partial charge in [-0.15, -0.1) is 0 Å². The molecule has 21 heavy (non-hydrogen) atoms. The van der Waals surface area contributed by atoms with Crippen LogP contribution in [-0.2, 0) is 9.59 Å². The molecule has 1 fully saturated rings. The van der Waals surface area contributed by atoms with Gasteiger partial charge in [0.25, 0.3) is 0 Å². The Labute approximate surface area is 125 Å². The van der Waals surface area contributed by atoms with E-state index in [0.717, 1.165) is 12.3 Å². The summed E-state index contributed by atoms with van der Waals surface area (Å²) >= 11 is 0. The fourth-order valence-electron chi connectivity index (χ4n) is 2.68. The van der Waals surface area contributed by atoms with E-state index in [2.05, 4.69) is 15.6 Å². The molecule has 0 unspecified atom stereocenters. The van der Waals surface area contributed by atoms with E-state index in [1.807, 2.05) is 6.07 Å². The lowest BCUT2D eigenvalue weighted by molar-refractivity contribution is -0.121. The summed E-state index contributed by atoms with van der Waals surface area (Å²) in [6.45, 7) is 0.377. The minimum atomic E-state index is -0.134. The quantitative estimate of drug-likeness (QED) is 0.810. The van der Waals surface area contributed by atoms with Crippen LogP contribution in [0.5, 0.6) is 0 Å². The molecule has 0 saturated heterocycles. The molecule has 2 rings (SSSR count). The number of anilines is 1. The highest BCUT2D eigenvalue weighted by atomic mass is 16.2. The number of hydrogen-bond acceptors (Lipinski definition) is 3. The van der Waals surface area contributed by atoms with Gasteiger partial charge in [-0.05, 0) is 24.5 Å². The van der Waals surface area contributed by atoms with E-state index in [1.165, 1.54) is 25.7 Å². The highest BCUT2D eigenvalue weighted by molar-refractivity contribution is 5.90. The first-order valence-electron chi connectivity index (χ1n) is 7.71. The van der Waals surface area contributed by atoms with Crippen molar-refractivity contribution in [3.05, 3.63) is 24.4 Å². The summed E-state index contributed by atoms with van der Waals surface area (Å²) in [5, 5.41) is 5.49. The van der Waals surface area contributed by atoms with Crippen molar-refractivity contribution in [1.82, 2.24) is 10.3 Å². The first kappa shape index (κ1) is 15.5. The van der Waals surface area contributed by atoms with Crippen molar-refractivity contribution in [2.75, 3.05) is 11.9 Å². The molecule has 1 saturated carbocycles. The molecule has 1 aliphatic carbocycles. The third-order valence-corrected chi connectivity index (χ3v) is 3.86. The fraction of sp³-hybridized carbons (Fsp3) is 0.562. The first-order chi connectivity index (χ1) is 10.2. The van der Waals surface area contributed by atoms with Gasteiger partial charge < -0.3 is 10.6 Å². The third-order valence-electron chi connectivity index (χ3n) is 3.86. The van der Waals surface area contributed by atoms with Crippen LogP contribution in [-0.4, -0.2) is 23.3 Å². The van der Waals surface area contributed by atoms with E-state index in [9.17, 15) is 9.59 Å². The SMILES string of the molecule is O=C(CCC1CCCC1)NCCC(=O)Nc1ccccn1. The van der Waals surface area contributed by atoms with Crippen molar-refractivity contribution < 1.29 is 9.59 Å². The summed E-state index contributed by atoms with van der Waals surface area (Å²) in [5.74, 6) is 1.18. The van der Waals surface area contributed by atoms with Crippen LogP contribution in [0.15, 0.2) is 24.4 Å². The Hall–Kier alpha value is -1.91. The molecule has 0 radical (unpaired) electrons. The van der Waals surface area contributed by atoms with Crippen LogP contribution < -0.4 is 10.6 Å². The van der Waals surface area contributed by atoms with Gasteiger partial charge in [0.1, 0.15) is 5.82 Å². The zero-order valence-corrected chi connectivity index (χ0v) is 12.3. The van der Waals surface area contributed by atoms with Crippen molar-refractivity contribution in [2.45, 2.75) is 44.9 Å². The Kier molecular flexibility index (Phi) is 6.19. The average Bonchev–Trinajstić information content (AvgIpc) is 2.99. The molecule has 2 N–H and O–H groups in total. The fourth-order valence-corrected chi connectivity index (χ4v) is 2.68. The van der Waals surface area contributed by atoms with Crippen LogP contribution in [0.4, 0.5) is 5.82 Å². The number of carbonyl (C=O) groups excluding carboxylic acids is 2. The second-order valence-corrected chi connectivity index (χ2v) is 5.55. The molecule has 1 aromatic heterocycles. The molecule has 1 heterocycles. The van der Waals surface area contributed by atoms with Crippen molar-refractivity contribution in [1.29, 1.82) is 0 Å². The minimum Gasteiger partial charge on any atom is -0.356 e. The molecule has 114 valence electrons. The summed E-state index contributed by atoms with van der Waals surface area (Å²) in [6.07, 6.45) is 8.59. The number of pyridine rings is 1. The second-order valence-electron chi connectivity index (χ2n) is 5.55. The maximum absolute atomic E-state index is 11.7. The van der Waals surface area contributed by atoms with Gasteiger partial charge in [0, 0.05) is 25.6 Å². The molecule has 0 spiro atoms. The standard InChI is InChI=1S/C16H23N3O2/c20-15(9-8-13-5-1-2-6-13)18-12-10-16(21)19-14-7-3-4-11-17-14/h3-4,7,11,13H,1-2,5-6,8-10,12H2,(H,18,20)(H,17,19,21). The molecule has 5 nitrogen and oxygen atoms in total. The van der Waals surface area contributed by atoms with Gasteiger partial charge >= 0.3 is 0 Å². The largest absolute Gasteiger partial charge is 0.356 e. The second kappa shape index (κ2) is 8.39. The minimum absolute atomic E-state index is 0.0486. The van der Waals surface area contributed by atoms with Crippen LogP contribution in [0.25, 0.3) is 0 Å². The van der Waals surface area contributed by atoms with Gasteiger partial charge in [0.2, 0.25) is 11.8 Å². The van der Waals surface area contributed by atoms with Crippen LogP contribution >= 0.6 is 0 Å². The third kappa shape index (κ3) is 5.94. The highest BCUT2D eigenvalue weighted by Gasteiger charge is 2.16. The Balaban J connectivity index is 1.55. The van der Waals surface area contributed by atoms with Crippen molar-refractivity contribution in [3.63, 3.8) is 0 Å². The number of rotatable bonds is 7. The smallest absolute Gasteiger partial charge is 0.227 e. The van der Waals surface area contributed by atoms with E-state index in [4.69, 9.17) is 0 Å². The molecule has 1 aliphatic rings. The molecule has 0 aromatic carbocycles. The zero-order valence-electron chi connectivity index (χ0n) is 12.3. The predicted octanol–water partition coefficient (Wildman–Crippen LogP) is 2.50. The molecular weight excluding hydrogens is 266 g/mol. The van der Waals surface area contributed by atoms with E-state index in [1.54, 1.807) is 18.3 Å². The van der Waals surface area contributed by atoms with Gasteiger partial charge in [-0.1, -0.05) is 31.7 Å². The zero-order chi connectivity index (χ0) is 14.9. The number of carbonyl (C=O) groups is 2. The highest BCUT2D eigenvalue weighted by Crippen LogP contribution is 2.28.